The van der Waals surface area contributed by atoms with Crippen molar-refractivity contribution in [1.29, 1.82) is 0 Å². The molecule has 33 heavy (non-hydrogen) atoms. The molecular formula is C29H30N2OS. The number of amidine groups is 1. The fourth-order valence-corrected chi connectivity index (χ4v) is 5.77. The summed E-state index contributed by atoms with van der Waals surface area (Å²) in [5, 5.41) is 3.18. The van der Waals surface area contributed by atoms with E-state index in [0.717, 1.165) is 34.2 Å². The van der Waals surface area contributed by atoms with E-state index in [-0.39, 0.29) is 11.9 Å². The number of aliphatic imine (C=N–C) groups is 1. The highest BCUT2D eigenvalue weighted by Gasteiger charge is 2.38. The first kappa shape index (κ1) is 22.0. The molecule has 5 rings (SSSR count). The van der Waals surface area contributed by atoms with E-state index in [0.29, 0.717) is 5.92 Å². The predicted octanol–water partition coefficient (Wildman–Crippen LogP) is 7.90. The lowest BCUT2D eigenvalue weighted by atomic mass is 9.94. The number of nitrogens with zero attached hydrogens (tertiary/aromatic N) is 2. The van der Waals surface area contributed by atoms with Crippen molar-refractivity contribution in [2.75, 3.05) is 0 Å². The summed E-state index contributed by atoms with van der Waals surface area (Å²) in [6, 6.07) is 23.4. The summed E-state index contributed by atoms with van der Waals surface area (Å²) < 4.78 is 0. The largest absolute Gasteiger partial charge is 0.283 e. The molecule has 3 aromatic carbocycles. The van der Waals surface area contributed by atoms with Crippen LogP contribution in [0.2, 0.25) is 0 Å². The summed E-state index contributed by atoms with van der Waals surface area (Å²) in [5.41, 5.74) is 3.27. The highest BCUT2D eigenvalue weighted by Crippen LogP contribution is 2.39. The number of fused-ring (bicyclic) bond motifs is 1. The molecule has 2 fully saturated rings. The smallest absolute Gasteiger partial charge is 0.267 e. The molecule has 0 spiro atoms. The molecule has 0 aromatic heterocycles. The molecular weight excluding hydrogens is 424 g/mol. The Hall–Kier alpha value is -2.85. The molecule has 168 valence electrons. The Labute approximate surface area is 200 Å². The molecule has 0 atom stereocenters. The fraction of sp³-hybridized carbons (Fsp3) is 0.310. The molecule has 1 saturated carbocycles. The van der Waals surface area contributed by atoms with Gasteiger partial charge in [-0.1, -0.05) is 87.7 Å². The van der Waals surface area contributed by atoms with E-state index in [1.807, 2.05) is 23.1 Å². The number of hydrogen-bond acceptors (Lipinski definition) is 3. The quantitative estimate of drug-likeness (QED) is 0.375. The van der Waals surface area contributed by atoms with Crippen LogP contribution in [0, 0.1) is 0 Å². The van der Waals surface area contributed by atoms with E-state index in [9.17, 15) is 4.79 Å². The number of hydrogen-bond donors (Lipinski definition) is 0. The van der Waals surface area contributed by atoms with Crippen LogP contribution in [0.4, 0.5) is 5.69 Å². The molecule has 1 heterocycles. The number of carbonyl (C=O) groups excluding carboxylic acids is 1. The lowest BCUT2D eigenvalue weighted by Gasteiger charge is -2.30. The van der Waals surface area contributed by atoms with Crippen LogP contribution in [0.15, 0.2) is 76.6 Å². The molecule has 1 saturated heterocycles. The van der Waals surface area contributed by atoms with Crippen molar-refractivity contribution in [1.82, 2.24) is 4.90 Å². The van der Waals surface area contributed by atoms with Crippen molar-refractivity contribution in [2.24, 2.45) is 4.99 Å². The van der Waals surface area contributed by atoms with Gasteiger partial charge in [0.15, 0.2) is 5.17 Å². The van der Waals surface area contributed by atoms with Gasteiger partial charge in [-0.15, -0.1) is 0 Å². The second-order valence-electron chi connectivity index (χ2n) is 9.32. The van der Waals surface area contributed by atoms with Crippen molar-refractivity contribution in [3.8, 4) is 0 Å². The van der Waals surface area contributed by atoms with Crippen LogP contribution in [-0.2, 0) is 4.79 Å². The number of amides is 1. The Morgan fingerprint density at radius 2 is 1.67 bits per heavy atom. The van der Waals surface area contributed by atoms with Crippen molar-refractivity contribution in [3.63, 3.8) is 0 Å². The first-order chi connectivity index (χ1) is 16.1. The van der Waals surface area contributed by atoms with Gasteiger partial charge in [-0.05, 0) is 70.6 Å². The van der Waals surface area contributed by atoms with Crippen LogP contribution in [-0.4, -0.2) is 22.0 Å². The van der Waals surface area contributed by atoms with Crippen molar-refractivity contribution in [3.05, 3.63) is 82.8 Å². The van der Waals surface area contributed by atoms with Gasteiger partial charge in [0.05, 0.1) is 10.6 Å². The Kier molecular flexibility index (Phi) is 6.37. The molecule has 0 N–H and O–H groups in total. The minimum atomic E-state index is 0.0966. The summed E-state index contributed by atoms with van der Waals surface area (Å²) in [7, 11) is 0. The third-order valence-corrected chi connectivity index (χ3v) is 7.62. The normalized spacial score (nSPS) is 20.0. The van der Waals surface area contributed by atoms with E-state index in [1.54, 1.807) is 0 Å². The van der Waals surface area contributed by atoms with Gasteiger partial charge in [0.1, 0.15) is 0 Å². The highest BCUT2D eigenvalue weighted by molar-refractivity contribution is 8.18. The van der Waals surface area contributed by atoms with E-state index in [2.05, 4.69) is 68.4 Å². The average Bonchev–Trinajstić information content (AvgIpc) is 3.14. The molecule has 3 nitrogen and oxygen atoms in total. The maximum atomic E-state index is 13.6. The maximum absolute atomic E-state index is 13.6. The summed E-state index contributed by atoms with van der Waals surface area (Å²) >= 11 is 1.51. The predicted molar refractivity (Wildman–Crippen MR) is 141 cm³/mol. The Balaban J connectivity index is 1.50. The zero-order chi connectivity index (χ0) is 22.8. The summed E-state index contributed by atoms with van der Waals surface area (Å²) in [6.45, 7) is 4.39. The van der Waals surface area contributed by atoms with Gasteiger partial charge < -0.3 is 0 Å². The Bertz CT molecular complexity index is 1220. The average molecular weight is 455 g/mol. The molecule has 0 bridgehead atoms. The van der Waals surface area contributed by atoms with Gasteiger partial charge in [-0.3, -0.25) is 9.69 Å². The van der Waals surface area contributed by atoms with Gasteiger partial charge in [-0.25, -0.2) is 4.99 Å². The van der Waals surface area contributed by atoms with E-state index >= 15 is 0 Å². The van der Waals surface area contributed by atoms with Gasteiger partial charge >= 0.3 is 0 Å². The van der Waals surface area contributed by atoms with Crippen LogP contribution < -0.4 is 0 Å². The Morgan fingerprint density at radius 1 is 0.939 bits per heavy atom. The molecule has 0 unspecified atom stereocenters. The third kappa shape index (κ3) is 4.77. The van der Waals surface area contributed by atoms with E-state index in [1.165, 1.54) is 47.4 Å². The standard InChI is InChI=1S/C29H30N2OS/c1-20(2)22-14-12-21(13-15-22)18-27-28(32)31(26-10-4-3-5-11-26)29(33-27)30-25-17-16-23-8-6-7-9-24(23)19-25/h6-9,12-20,26H,3-5,10-11H2,1-2H3. The fourth-order valence-electron chi connectivity index (χ4n) is 4.71. The van der Waals surface area contributed by atoms with Crippen molar-refractivity contribution < 1.29 is 4.79 Å². The van der Waals surface area contributed by atoms with Crippen molar-refractivity contribution in [2.45, 2.75) is 57.9 Å². The lowest BCUT2D eigenvalue weighted by molar-refractivity contribution is -0.124. The first-order valence-electron chi connectivity index (χ1n) is 12.0. The second kappa shape index (κ2) is 9.56. The van der Waals surface area contributed by atoms with Gasteiger partial charge in [0.25, 0.3) is 5.91 Å². The SMILES string of the molecule is CC(C)c1ccc(C=C2SC(=Nc3ccc4ccccc4c3)N(C3CCCCC3)C2=O)cc1. The molecule has 2 aliphatic rings. The van der Waals surface area contributed by atoms with Gasteiger partial charge in [-0.2, -0.15) is 0 Å². The van der Waals surface area contributed by atoms with E-state index in [4.69, 9.17) is 4.99 Å². The third-order valence-electron chi connectivity index (χ3n) is 6.64. The Morgan fingerprint density at radius 3 is 2.39 bits per heavy atom. The van der Waals surface area contributed by atoms with E-state index < -0.39 is 0 Å². The number of benzene rings is 3. The number of carbonyl (C=O) groups is 1. The molecule has 0 radical (unpaired) electrons. The maximum Gasteiger partial charge on any atom is 0.267 e. The highest BCUT2D eigenvalue weighted by atomic mass is 32.2. The van der Waals surface area contributed by atoms with Crippen LogP contribution >= 0.6 is 11.8 Å². The zero-order valence-corrected chi connectivity index (χ0v) is 20.1. The molecule has 1 aliphatic carbocycles. The zero-order valence-electron chi connectivity index (χ0n) is 19.3. The first-order valence-corrected chi connectivity index (χ1v) is 12.8. The monoisotopic (exact) mass is 454 g/mol. The molecule has 4 heteroatoms. The number of thioether (sulfide) groups is 1. The topological polar surface area (TPSA) is 32.7 Å². The summed E-state index contributed by atoms with van der Waals surface area (Å²) in [6.07, 6.45) is 7.75. The molecule has 1 amide bonds. The molecule has 1 aliphatic heterocycles. The van der Waals surface area contributed by atoms with Gasteiger partial charge in [0.2, 0.25) is 0 Å². The minimum Gasteiger partial charge on any atom is -0.283 e. The van der Waals surface area contributed by atoms with Crippen LogP contribution in [0.5, 0.6) is 0 Å². The molecule has 3 aromatic rings. The summed E-state index contributed by atoms with van der Waals surface area (Å²) in [4.78, 5) is 21.3. The van der Waals surface area contributed by atoms with Gasteiger partial charge in [0, 0.05) is 6.04 Å². The van der Waals surface area contributed by atoms with Crippen molar-refractivity contribution >= 4 is 45.4 Å². The number of rotatable bonds is 4. The summed E-state index contributed by atoms with van der Waals surface area (Å²) in [5.74, 6) is 0.594. The lowest BCUT2D eigenvalue weighted by Crippen LogP contribution is -2.40. The second-order valence-corrected chi connectivity index (χ2v) is 10.3. The van der Waals surface area contributed by atoms with Crippen LogP contribution in [0.1, 0.15) is 63.0 Å². The van der Waals surface area contributed by atoms with Crippen LogP contribution in [0.3, 0.4) is 0 Å². The van der Waals surface area contributed by atoms with Crippen LogP contribution in [0.25, 0.3) is 16.8 Å². The minimum absolute atomic E-state index is 0.0966.